The molecule has 0 aliphatic carbocycles. The minimum absolute atomic E-state index is 0.346. The molecular weight excluding hydrogens is 383 g/mol. The van der Waals surface area contributed by atoms with Crippen LogP contribution in [0.5, 0.6) is 0 Å². The molecule has 0 saturated heterocycles. The third-order valence-corrected chi connectivity index (χ3v) is 4.54. The molecule has 2 aromatic carbocycles. The van der Waals surface area contributed by atoms with Crippen molar-refractivity contribution in [2.75, 3.05) is 0 Å². The van der Waals surface area contributed by atoms with E-state index in [4.69, 9.17) is 15.3 Å². The van der Waals surface area contributed by atoms with Crippen molar-refractivity contribution in [1.29, 1.82) is 5.41 Å². The highest BCUT2D eigenvalue weighted by Crippen LogP contribution is 2.31. The maximum atomic E-state index is 10.6. The van der Waals surface area contributed by atoms with Crippen molar-refractivity contribution in [3.8, 4) is 11.3 Å². The number of hydrogen-bond acceptors (Lipinski definition) is 3. The lowest BCUT2D eigenvalue weighted by Crippen LogP contribution is -2.21. The first kappa shape index (κ1) is 20.3. The van der Waals surface area contributed by atoms with Gasteiger partial charge < -0.3 is 9.67 Å². The van der Waals surface area contributed by atoms with Gasteiger partial charge in [-0.2, -0.15) is 13.2 Å². The van der Waals surface area contributed by atoms with Crippen LogP contribution in [0.3, 0.4) is 0 Å². The largest absolute Gasteiger partial charge is 0.490 e. The molecule has 2 N–H and O–H groups in total. The quantitative estimate of drug-likeness (QED) is 0.681. The van der Waals surface area contributed by atoms with Gasteiger partial charge in [0.1, 0.15) is 11.3 Å². The van der Waals surface area contributed by atoms with E-state index >= 15 is 0 Å². The second kappa shape index (κ2) is 8.30. The lowest BCUT2D eigenvalue weighted by atomic mass is 9.98. The van der Waals surface area contributed by atoms with Crippen molar-refractivity contribution >= 4 is 5.97 Å². The third-order valence-electron chi connectivity index (χ3n) is 4.54. The predicted molar refractivity (Wildman–Crippen MR) is 100 cm³/mol. The van der Waals surface area contributed by atoms with Gasteiger partial charge in [0.25, 0.3) is 0 Å². The summed E-state index contributed by atoms with van der Waals surface area (Å²) in [6.45, 7) is 0.927. The van der Waals surface area contributed by atoms with E-state index in [0.717, 1.165) is 30.0 Å². The zero-order valence-electron chi connectivity index (χ0n) is 15.2. The topological polar surface area (TPSA) is 79.0 Å². The fraction of sp³-hybridized carbons (Fsp3) is 0.190. The molecule has 8 heteroatoms. The van der Waals surface area contributed by atoms with Gasteiger partial charge in [-0.25, -0.2) is 9.78 Å². The molecule has 2 heterocycles. The number of aliphatic carboxylic acids is 1. The Hall–Kier alpha value is -3.42. The van der Waals surface area contributed by atoms with E-state index in [1.165, 1.54) is 5.56 Å². The Morgan fingerprint density at radius 2 is 1.62 bits per heavy atom. The molecule has 0 fully saturated rings. The number of halogens is 3. The van der Waals surface area contributed by atoms with Crippen LogP contribution in [0.15, 0.2) is 66.7 Å². The van der Waals surface area contributed by atoms with E-state index in [1.54, 1.807) is 0 Å². The van der Waals surface area contributed by atoms with Gasteiger partial charge in [0.2, 0.25) is 0 Å². The van der Waals surface area contributed by atoms with E-state index in [1.807, 2.05) is 30.3 Å². The third kappa shape index (κ3) is 4.90. The fourth-order valence-electron chi connectivity index (χ4n) is 3.24. The van der Waals surface area contributed by atoms with Gasteiger partial charge in [0.15, 0.2) is 0 Å². The highest BCUT2D eigenvalue weighted by molar-refractivity contribution is 5.73. The smallest absolute Gasteiger partial charge is 0.475 e. The first-order valence-corrected chi connectivity index (χ1v) is 8.81. The minimum atomic E-state index is -5.08. The normalized spacial score (nSPS) is 15.2. The second-order valence-electron chi connectivity index (χ2n) is 6.53. The number of nitrogens with zero attached hydrogens (tertiary/aromatic N) is 2. The first-order valence-electron chi connectivity index (χ1n) is 8.81. The Bertz CT molecular complexity index is 1050. The lowest BCUT2D eigenvalue weighted by molar-refractivity contribution is -0.192. The molecule has 150 valence electrons. The Kier molecular flexibility index (Phi) is 5.81. The molecule has 0 saturated carbocycles. The van der Waals surface area contributed by atoms with Crippen LogP contribution >= 0.6 is 0 Å². The number of carboxylic acid groups (broad SMARTS) is 1. The van der Waals surface area contributed by atoms with Crippen LogP contribution in [0.25, 0.3) is 11.3 Å². The van der Waals surface area contributed by atoms with Crippen molar-refractivity contribution in [2.24, 2.45) is 0 Å². The summed E-state index contributed by atoms with van der Waals surface area (Å²) in [4.78, 5) is 13.3. The molecule has 1 aromatic heterocycles. The standard InChI is InChI=1S/C19H17N3.C2HF3O2/c20-18-12-17(15-9-5-2-6-10-15)22-13-16(11-19(22)21-18)14-7-3-1-4-8-14;3-2(4,5)1(6)7/h1-10,12,16,20H,11,13H2;(H,6,7). The van der Waals surface area contributed by atoms with Crippen molar-refractivity contribution in [2.45, 2.75) is 25.1 Å². The van der Waals surface area contributed by atoms with E-state index in [0.29, 0.717) is 11.4 Å². The maximum Gasteiger partial charge on any atom is 0.490 e. The fourth-order valence-corrected chi connectivity index (χ4v) is 3.24. The van der Waals surface area contributed by atoms with Gasteiger partial charge in [-0.3, -0.25) is 5.41 Å². The molecule has 29 heavy (non-hydrogen) atoms. The zero-order valence-corrected chi connectivity index (χ0v) is 15.2. The minimum Gasteiger partial charge on any atom is -0.475 e. The van der Waals surface area contributed by atoms with Crippen LogP contribution in [-0.4, -0.2) is 26.8 Å². The summed E-state index contributed by atoms with van der Waals surface area (Å²) in [6.07, 6.45) is -4.18. The molecule has 1 atom stereocenters. The van der Waals surface area contributed by atoms with Gasteiger partial charge in [-0.05, 0) is 11.1 Å². The van der Waals surface area contributed by atoms with Crippen molar-refractivity contribution < 1.29 is 23.1 Å². The van der Waals surface area contributed by atoms with Gasteiger partial charge in [0, 0.05) is 24.9 Å². The summed E-state index contributed by atoms with van der Waals surface area (Å²) >= 11 is 0. The monoisotopic (exact) mass is 401 g/mol. The Labute approximate surface area is 164 Å². The Balaban J connectivity index is 0.000000298. The first-order chi connectivity index (χ1) is 13.8. The van der Waals surface area contributed by atoms with Crippen molar-refractivity contribution in [3.05, 3.63) is 83.6 Å². The summed E-state index contributed by atoms with van der Waals surface area (Å²) in [6, 6.07) is 22.7. The summed E-state index contributed by atoms with van der Waals surface area (Å²) in [5.74, 6) is -1.30. The van der Waals surface area contributed by atoms with Crippen LogP contribution in [-0.2, 0) is 17.8 Å². The van der Waals surface area contributed by atoms with E-state index in [-0.39, 0.29) is 0 Å². The van der Waals surface area contributed by atoms with Crippen LogP contribution in [0.1, 0.15) is 17.3 Å². The summed E-state index contributed by atoms with van der Waals surface area (Å²) in [7, 11) is 0. The maximum absolute atomic E-state index is 10.6. The molecule has 0 bridgehead atoms. The summed E-state index contributed by atoms with van der Waals surface area (Å²) in [5, 5.41) is 15.1. The number of carbonyl (C=O) groups is 1. The summed E-state index contributed by atoms with van der Waals surface area (Å²) < 4.78 is 34.0. The van der Waals surface area contributed by atoms with Gasteiger partial charge in [-0.1, -0.05) is 60.7 Å². The van der Waals surface area contributed by atoms with Crippen molar-refractivity contribution in [3.63, 3.8) is 0 Å². The predicted octanol–water partition coefficient (Wildman–Crippen LogP) is 4.00. The van der Waals surface area contributed by atoms with Gasteiger partial charge >= 0.3 is 12.1 Å². The number of fused-ring (bicyclic) bond motifs is 1. The number of rotatable bonds is 2. The van der Waals surface area contributed by atoms with Gasteiger partial charge in [-0.15, -0.1) is 0 Å². The number of aromatic nitrogens is 2. The molecule has 4 rings (SSSR count). The molecule has 0 radical (unpaired) electrons. The molecular formula is C21H18F3N3O2. The zero-order chi connectivity index (χ0) is 21.0. The number of hydrogen-bond donors (Lipinski definition) is 2. The molecule has 0 spiro atoms. The van der Waals surface area contributed by atoms with E-state index in [2.05, 4.69) is 45.9 Å². The molecule has 5 nitrogen and oxygen atoms in total. The van der Waals surface area contributed by atoms with Crippen LogP contribution < -0.4 is 5.49 Å². The molecule has 0 amide bonds. The molecule has 3 aromatic rings. The average Bonchev–Trinajstić information content (AvgIpc) is 3.12. The lowest BCUT2D eigenvalue weighted by Gasteiger charge is -2.13. The van der Waals surface area contributed by atoms with E-state index < -0.39 is 12.1 Å². The second-order valence-corrected chi connectivity index (χ2v) is 6.53. The molecule has 1 aliphatic rings. The van der Waals surface area contributed by atoms with Crippen LogP contribution in [0.4, 0.5) is 13.2 Å². The van der Waals surface area contributed by atoms with Gasteiger partial charge in [0.05, 0.1) is 5.69 Å². The Morgan fingerprint density at radius 1 is 1.07 bits per heavy atom. The highest BCUT2D eigenvalue weighted by Gasteiger charge is 2.38. The van der Waals surface area contributed by atoms with Crippen LogP contribution in [0.2, 0.25) is 0 Å². The number of benzene rings is 2. The van der Waals surface area contributed by atoms with Crippen LogP contribution in [0, 0.1) is 5.41 Å². The number of alkyl halides is 3. The Morgan fingerprint density at radius 3 is 2.17 bits per heavy atom. The van der Waals surface area contributed by atoms with Crippen molar-refractivity contribution in [1.82, 2.24) is 9.55 Å². The average molecular weight is 401 g/mol. The molecule has 1 unspecified atom stereocenters. The summed E-state index contributed by atoms with van der Waals surface area (Å²) in [5.41, 5.74) is 3.93. The molecule has 1 aliphatic heterocycles. The van der Waals surface area contributed by atoms with E-state index in [9.17, 15) is 13.2 Å². The number of nitrogens with one attached hydrogen (secondary N) is 1. The number of carboxylic acids is 1. The highest BCUT2D eigenvalue weighted by atomic mass is 19.4. The SMILES string of the molecule is N=c1cc(-c2ccccc2)n2c(n1)CC(c1ccccc1)C2.O=C(O)C(F)(F)F.